The molecule has 3 N–H and O–H groups in total. The Kier molecular flexibility index (Phi) is 3.75. The van der Waals surface area contributed by atoms with Gasteiger partial charge in [-0.2, -0.15) is 0 Å². The van der Waals surface area contributed by atoms with Gasteiger partial charge in [0, 0.05) is 16.8 Å². The van der Waals surface area contributed by atoms with Crippen LogP contribution in [0.2, 0.25) is 0 Å². The Hall–Kier alpha value is -2.15. The molecule has 0 saturated heterocycles. The van der Waals surface area contributed by atoms with Crippen molar-refractivity contribution in [3.8, 4) is 0 Å². The molecular formula is C16H17N2O4S-. The van der Waals surface area contributed by atoms with Gasteiger partial charge < -0.3 is 21.0 Å². The maximum absolute atomic E-state index is 12.6. The second-order valence-electron chi connectivity index (χ2n) is 6.16. The van der Waals surface area contributed by atoms with Crippen molar-refractivity contribution in [2.45, 2.75) is 20.3 Å². The lowest BCUT2D eigenvalue weighted by molar-refractivity contribution is -0.313. The van der Waals surface area contributed by atoms with Crippen LogP contribution in [0.3, 0.4) is 0 Å². The summed E-state index contributed by atoms with van der Waals surface area (Å²) in [5, 5.41) is 14.5. The number of aliphatic carboxylic acids is 1. The Morgan fingerprint density at radius 2 is 1.83 bits per heavy atom. The molecule has 0 aromatic carbocycles. The molecule has 1 heterocycles. The minimum absolute atomic E-state index is 0.0953. The first-order valence-electron chi connectivity index (χ1n) is 7.41. The first-order chi connectivity index (χ1) is 10.8. The molecule has 2 aliphatic rings. The molecule has 122 valence electrons. The maximum Gasteiger partial charge on any atom is 0.251 e. The highest BCUT2D eigenvalue weighted by molar-refractivity contribution is 7.16. The lowest BCUT2D eigenvalue weighted by Crippen LogP contribution is -2.43. The molecule has 2 aliphatic carbocycles. The Balaban J connectivity index is 1.88. The quantitative estimate of drug-likeness (QED) is 0.785. The molecular weight excluding hydrogens is 316 g/mol. The van der Waals surface area contributed by atoms with Crippen LogP contribution < -0.4 is 16.2 Å². The van der Waals surface area contributed by atoms with E-state index in [1.165, 1.54) is 11.3 Å². The van der Waals surface area contributed by atoms with Gasteiger partial charge in [-0.15, -0.1) is 11.3 Å². The zero-order valence-electron chi connectivity index (χ0n) is 12.8. The number of fused-ring (bicyclic) bond motifs is 2. The molecule has 1 aromatic rings. The number of allylic oxidation sites excluding steroid dienone is 2. The fourth-order valence-corrected chi connectivity index (χ4v) is 4.78. The first-order valence-corrected chi connectivity index (χ1v) is 8.22. The van der Waals surface area contributed by atoms with Crippen molar-refractivity contribution < 1.29 is 19.5 Å². The first kappa shape index (κ1) is 15.7. The van der Waals surface area contributed by atoms with Crippen molar-refractivity contribution in [2.75, 3.05) is 5.32 Å². The normalized spacial score (nSPS) is 28.1. The number of rotatable bonds is 4. The molecule has 1 saturated carbocycles. The minimum atomic E-state index is -1.20. The van der Waals surface area contributed by atoms with Crippen LogP contribution in [-0.4, -0.2) is 17.8 Å². The molecule has 2 bridgehead atoms. The van der Waals surface area contributed by atoms with E-state index >= 15 is 0 Å². The fraction of sp³-hybridized carbons (Fsp3) is 0.438. The van der Waals surface area contributed by atoms with Crippen molar-refractivity contribution >= 4 is 34.1 Å². The van der Waals surface area contributed by atoms with Crippen molar-refractivity contribution in [1.82, 2.24) is 0 Å². The highest BCUT2D eigenvalue weighted by Gasteiger charge is 2.48. The second kappa shape index (κ2) is 5.49. The van der Waals surface area contributed by atoms with Crippen molar-refractivity contribution in [3.63, 3.8) is 0 Å². The number of carbonyl (C=O) groups is 3. The SMILES string of the molecule is Cc1sc(NC(=O)[C@@H]2[C@@H](C(=O)[O-])[C@H]3C=C[C@@H]2C3)c(C(N)=O)c1C. The summed E-state index contributed by atoms with van der Waals surface area (Å²) in [6, 6.07) is 0. The molecule has 3 rings (SSSR count). The van der Waals surface area contributed by atoms with E-state index in [-0.39, 0.29) is 17.7 Å². The van der Waals surface area contributed by atoms with E-state index in [9.17, 15) is 19.5 Å². The van der Waals surface area contributed by atoms with Crippen LogP contribution in [-0.2, 0) is 9.59 Å². The third-order valence-corrected chi connectivity index (χ3v) is 6.03. The van der Waals surface area contributed by atoms with Crippen LogP contribution >= 0.6 is 11.3 Å². The van der Waals surface area contributed by atoms with Crippen LogP contribution in [0.15, 0.2) is 12.2 Å². The monoisotopic (exact) mass is 333 g/mol. The number of carboxylic acid groups (broad SMARTS) is 1. The van der Waals surface area contributed by atoms with Crippen molar-refractivity contribution in [2.24, 2.45) is 29.4 Å². The van der Waals surface area contributed by atoms with Gasteiger partial charge >= 0.3 is 0 Å². The summed E-state index contributed by atoms with van der Waals surface area (Å²) in [7, 11) is 0. The molecule has 0 unspecified atom stereocenters. The third kappa shape index (κ3) is 2.45. The predicted molar refractivity (Wildman–Crippen MR) is 83.7 cm³/mol. The molecule has 7 heteroatoms. The number of hydrogen-bond acceptors (Lipinski definition) is 5. The van der Waals surface area contributed by atoms with Gasteiger partial charge in [0.15, 0.2) is 0 Å². The molecule has 2 amide bonds. The minimum Gasteiger partial charge on any atom is -0.550 e. The molecule has 1 fully saturated rings. The Bertz CT molecular complexity index is 737. The highest BCUT2D eigenvalue weighted by atomic mass is 32.1. The van der Waals surface area contributed by atoms with Gasteiger partial charge in [0.2, 0.25) is 5.91 Å². The Morgan fingerprint density at radius 3 is 2.39 bits per heavy atom. The summed E-state index contributed by atoms with van der Waals surface area (Å²) in [6.07, 6.45) is 4.40. The number of primary amides is 1. The van der Waals surface area contributed by atoms with E-state index in [4.69, 9.17) is 5.73 Å². The molecule has 4 atom stereocenters. The maximum atomic E-state index is 12.6. The van der Waals surface area contributed by atoms with Crippen LogP contribution in [0.25, 0.3) is 0 Å². The average molecular weight is 333 g/mol. The molecule has 1 aromatic heterocycles. The van der Waals surface area contributed by atoms with Crippen molar-refractivity contribution in [1.29, 1.82) is 0 Å². The smallest absolute Gasteiger partial charge is 0.251 e. The van der Waals surface area contributed by atoms with Gasteiger partial charge in [0.1, 0.15) is 5.00 Å². The summed E-state index contributed by atoms with van der Waals surface area (Å²) in [6.45, 7) is 3.61. The van der Waals surface area contributed by atoms with E-state index < -0.39 is 23.7 Å². The highest BCUT2D eigenvalue weighted by Crippen LogP contribution is 2.48. The molecule has 6 nitrogen and oxygen atoms in total. The average Bonchev–Trinajstić information content (AvgIpc) is 3.12. The van der Waals surface area contributed by atoms with E-state index in [1.54, 1.807) is 6.92 Å². The lowest BCUT2D eigenvalue weighted by atomic mass is 9.82. The van der Waals surface area contributed by atoms with Gasteiger partial charge in [0.25, 0.3) is 5.91 Å². The van der Waals surface area contributed by atoms with Gasteiger partial charge in [-0.3, -0.25) is 9.59 Å². The topological polar surface area (TPSA) is 112 Å². The zero-order valence-corrected chi connectivity index (χ0v) is 13.6. The molecule has 0 spiro atoms. The van der Waals surface area contributed by atoms with Gasteiger partial charge in [-0.05, 0) is 37.7 Å². The number of nitrogens with two attached hydrogens (primary N) is 1. The number of nitrogens with one attached hydrogen (secondary N) is 1. The Morgan fingerprint density at radius 1 is 1.22 bits per heavy atom. The van der Waals surface area contributed by atoms with E-state index in [0.717, 1.165) is 10.4 Å². The van der Waals surface area contributed by atoms with Crippen LogP contribution in [0.4, 0.5) is 5.00 Å². The molecule has 23 heavy (non-hydrogen) atoms. The van der Waals surface area contributed by atoms with Crippen LogP contribution in [0, 0.1) is 37.5 Å². The Labute approximate surface area is 137 Å². The second-order valence-corrected chi connectivity index (χ2v) is 7.38. The molecule has 0 radical (unpaired) electrons. The third-order valence-electron chi connectivity index (χ3n) is 4.90. The summed E-state index contributed by atoms with van der Waals surface area (Å²) in [5.74, 6) is -3.92. The lowest BCUT2D eigenvalue weighted by Gasteiger charge is -2.27. The fourth-order valence-electron chi connectivity index (χ4n) is 3.71. The predicted octanol–water partition coefficient (Wildman–Crippen LogP) is 0.591. The summed E-state index contributed by atoms with van der Waals surface area (Å²) in [5.41, 5.74) is 6.43. The summed E-state index contributed by atoms with van der Waals surface area (Å²) >= 11 is 1.27. The number of carbonyl (C=O) groups excluding carboxylic acids is 3. The molecule has 0 aliphatic heterocycles. The van der Waals surface area contributed by atoms with Gasteiger partial charge in [-0.1, -0.05) is 12.2 Å². The summed E-state index contributed by atoms with van der Waals surface area (Å²) in [4.78, 5) is 36.5. The zero-order chi connectivity index (χ0) is 16.9. The van der Waals surface area contributed by atoms with Crippen LogP contribution in [0.1, 0.15) is 27.2 Å². The van der Waals surface area contributed by atoms with Crippen LogP contribution in [0.5, 0.6) is 0 Å². The largest absolute Gasteiger partial charge is 0.550 e. The number of carboxylic acids is 1. The van der Waals surface area contributed by atoms with E-state index in [1.807, 2.05) is 19.1 Å². The number of aryl methyl sites for hydroxylation is 1. The van der Waals surface area contributed by atoms with E-state index in [0.29, 0.717) is 17.0 Å². The van der Waals surface area contributed by atoms with Gasteiger partial charge in [0.05, 0.1) is 11.5 Å². The standard InChI is InChI=1S/C16H18N2O4S/c1-6-7(2)23-15(10(6)13(17)19)18-14(20)11-8-3-4-9(5-8)12(11)16(21)22/h3-4,8-9,11-12H,5H2,1-2H3,(H2,17,19)(H,18,20)(H,21,22)/p-1/t8-,9+,11+,12+/m1/s1. The number of thiophene rings is 1. The van der Waals surface area contributed by atoms with Crippen molar-refractivity contribution in [3.05, 3.63) is 28.2 Å². The number of amides is 2. The van der Waals surface area contributed by atoms with Gasteiger partial charge in [-0.25, -0.2) is 0 Å². The number of hydrogen-bond donors (Lipinski definition) is 2. The van der Waals surface area contributed by atoms with E-state index in [2.05, 4.69) is 5.32 Å². The number of anilines is 1. The summed E-state index contributed by atoms with van der Waals surface area (Å²) < 4.78 is 0.